The molecule has 1 heterocycles. The van der Waals surface area contributed by atoms with Gasteiger partial charge in [-0.2, -0.15) is 0 Å². The second-order valence-corrected chi connectivity index (χ2v) is 5.50. The van der Waals surface area contributed by atoms with E-state index in [0.717, 1.165) is 11.1 Å². The molecule has 0 atom stereocenters. The number of fused-ring (bicyclic) bond motifs is 1. The van der Waals surface area contributed by atoms with Gasteiger partial charge in [-0.15, -0.1) is 0 Å². The molecule has 0 saturated heterocycles. The Balaban J connectivity index is 1.83. The number of ketones is 1. The van der Waals surface area contributed by atoms with Crippen LogP contribution in [0.25, 0.3) is 6.08 Å². The van der Waals surface area contributed by atoms with Crippen molar-refractivity contribution in [3.63, 3.8) is 0 Å². The van der Waals surface area contributed by atoms with Crippen LogP contribution >= 0.6 is 11.6 Å². The lowest BCUT2D eigenvalue weighted by molar-refractivity contribution is 0.104. The molecule has 4 heteroatoms. The monoisotopic (exact) mass is 314 g/mol. The molecule has 0 saturated carbocycles. The van der Waals surface area contributed by atoms with Crippen LogP contribution in [-0.2, 0) is 0 Å². The van der Waals surface area contributed by atoms with E-state index in [2.05, 4.69) is 0 Å². The molecule has 1 aliphatic rings. The molecule has 22 heavy (non-hydrogen) atoms. The molecule has 0 aliphatic carbocycles. The van der Waals surface area contributed by atoms with Gasteiger partial charge in [-0.25, -0.2) is 0 Å². The molecule has 2 aromatic carbocycles. The van der Waals surface area contributed by atoms with E-state index < -0.39 is 0 Å². The zero-order valence-corrected chi connectivity index (χ0v) is 12.9. The number of aryl methyl sites for hydroxylation is 1. The second kappa shape index (κ2) is 6.24. The smallest absolute Gasteiger partial charge is 0.185 e. The summed E-state index contributed by atoms with van der Waals surface area (Å²) in [5.74, 6) is 1.13. The predicted octanol–water partition coefficient (Wildman–Crippen LogP) is 4.32. The van der Waals surface area contributed by atoms with Gasteiger partial charge in [0.05, 0.1) is 5.02 Å². The van der Waals surface area contributed by atoms with Gasteiger partial charge in [0.15, 0.2) is 17.3 Å². The lowest BCUT2D eigenvalue weighted by atomic mass is 10.1. The number of carbonyl (C=O) groups is 1. The summed E-state index contributed by atoms with van der Waals surface area (Å²) in [6.45, 7) is 2.95. The highest BCUT2D eigenvalue weighted by molar-refractivity contribution is 6.32. The number of hydrogen-bond acceptors (Lipinski definition) is 3. The maximum Gasteiger partial charge on any atom is 0.185 e. The van der Waals surface area contributed by atoms with Crippen molar-refractivity contribution in [3.05, 3.63) is 64.2 Å². The normalized spacial score (nSPS) is 13.4. The zero-order chi connectivity index (χ0) is 15.5. The van der Waals surface area contributed by atoms with E-state index in [1.807, 2.05) is 31.2 Å². The molecule has 0 spiro atoms. The molecule has 112 valence electrons. The first kappa shape index (κ1) is 14.7. The Morgan fingerprint density at radius 3 is 2.82 bits per heavy atom. The van der Waals surface area contributed by atoms with Crippen molar-refractivity contribution < 1.29 is 14.3 Å². The number of halogens is 1. The van der Waals surface area contributed by atoms with Crippen LogP contribution in [0.15, 0.2) is 42.5 Å². The number of carbonyl (C=O) groups excluding carboxylic acids is 1. The Morgan fingerprint density at radius 2 is 2.00 bits per heavy atom. The summed E-state index contributed by atoms with van der Waals surface area (Å²) >= 11 is 6.18. The van der Waals surface area contributed by atoms with E-state index in [9.17, 15) is 4.79 Å². The number of ether oxygens (including phenoxy) is 2. The molecule has 0 radical (unpaired) electrons. The predicted molar refractivity (Wildman–Crippen MR) is 87.0 cm³/mol. The van der Waals surface area contributed by atoms with Crippen molar-refractivity contribution in [2.24, 2.45) is 0 Å². The minimum Gasteiger partial charge on any atom is -0.486 e. The van der Waals surface area contributed by atoms with Gasteiger partial charge >= 0.3 is 0 Å². The fraction of sp³-hybridized carbons (Fsp3) is 0.167. The number of allylic oxidation sites excluding steroid dienone is 1. The Bertz CT molecular complexity index is 750. The SMILES string of the molecule is Cc1cccc(C(=O)/C=C/c2cc(Cl)c3c(c2)OCCO3)c1. The van der Waals surface area contributed by atoms with Crippen LogP contribution in [0, 0.1) is 6.92 Å². The molecule has 2 aromatic rings. The third kappa shape index (κ3) is 3.15. The highest BCUT2D eigenvalue weighted by Gasteiger charge is 2.16. The van der Waals surface area contributed by atoms with Gasteiger partial charge in [-0.3, -0.25) is 4.79 Å². The van der Waals surface area contributed by atoms with E-state index in [-0.39, 0.29) is 5.78 Å². The first-order chi connectivity index (χ1) is 10.6. The summed E-state index contributed by atoms with van der Waals surface area (Å²) in [5, 5.41) is 0.486. The van der Waals surface area contributed by atoms with E-state index in [0.29, 0.717) is 35.3 Å². The second-order valence-electron chi connectivity index (χ2n) is 5.09. The van der Waals surface area contributed by atoms with Gasteiger partial charge in [-0.05, 0) is 36.8 Å². The molecule has 0 unspecified atom stereocenters. The summed E-state index contributed by atoms with van der Waals surface area (Å²) < 4.78 is 11.0. The van der Waals surface area contributed by atoms with E-state index in [4.69, 9.17) is 21.1 Å². The molecule has 0 fully saturated rings. The van der Waals surface area contributed by atoms with Crippen LogP contribution in [0.3, 0.4) is 0 Å². The molecular weight excluding hydrogens is 300 g/mol. The third-order valence-electron chi connectivity index (χ3n) is 3.35. The zero-order valence-electron chi connectivity index (χ0n) is 12.1. The van der Waals surface area contributed by atoms with Gasteiger partial charge in [0.1, 0.15) is 13.2 Å². The summed E-state index contributed by atoms with van der Waals surface area (Å²) in [4.78, 5) is 12.2. The highest BCUT2D eigenvalue weighted by Crippen LogP contribution is 2.38. The molecule has 3 rings (SSSR count). The number of rotatable bonds is 3. The highest BCUT2D eigenvalue weighted by atomic mass is 35.5. The average molecular weight is 315 g/mol. The maximum atomic E-state index is 12.2. The third-order valence-corrected chi connectivity index (χ3v) is 3.63. The fourth-order valence-corrected chi connectivity index (χ4v) is 2.57. The Kier molecular flexibility index (Phi) is 4.16. The Labute approximate surface area is 134 Å². The molecule has 0 aromatic heterocycles. The first-order valence-electron chi connectivity index (χ1n) is 7.02. The molecule has 3 nitrogen and oxygen atoms in total. The largest absolute Gasteiger partial charge is 0.486 e. The van der Waals surface area contributed by atoms with E-state index >= 15 is 0 Å². The van der Waals surface area contributed by atoms with Gasteiger partial charge in [0, 0.05) is 5.56 Å². The summed E-state index contributed by atoms with van der Waals surface area (Å²) in [6.07, 6.45) is 3.27. The van der Waals surface area contributed by atoms with Crippen molar-refractivity contribution in [1.29, 1.82) is 0 Å². The van der Waals surface area contributed by atoms with Crippen LogP contribution in [-0.4, -0.2) is 19.0 Å². The molecular formula is C18H15ClO3. The lowest BCUT2D eigenvalue weighted by Gasteiger charge is -2.19. The van der Waals surface area contributed by atoms with Crippen molar-refractivity contribution in [2.45, 2.75) is 6.92 Å². The lowest BCUT2D eigenvalue weighted by Crippen LogP contribution is -2.15. The van der Waals surface area contributed by atoms with Crippen molar-refractivity contribution in [3.8, 4) is 11.5 Å². The van der Waals surface area contributed by atoms with Gasteiger partial charge < -0.3 is 9.47 Å². The topological polar surface area (TPSA) is 35.5 Å². The standard InChI is InChI=1S/C18H15ClO3/c1-12-3-2-4-14(9-12)16(20)6-5-13-10-15(19)18-17(11-13)21-7-8-22-18/h2-6,9-11H,7-8H2,1H3/b6-5+. The van der Waals surface area contributed by atoms with Crippen molar-refractivity contribution in [1.82, 2.24) is 0 Å². The van der Waals surface area contributed by atoms with Crippen LogP contribution < -0.4 is 9.47 Å². The summed E-state index contributed by atoms with van der Waals surface area (Å²) in [5.41, 5.74) is 2.52. The summed E-state index contributed by atoms with van der Waals surface area (Å²) in [7, 11) is 0. The van der Waals surface area contributed by atoms with E-state index in [1.54, 1.807) is 18.2 Å². The van der Waals surface area contributed by atoms with Gasteiger partial charge in [-0.1, -0.05) is 41.4 Å². The van der Waals surface area contributed by atoms with Crippen LogP contribution in [0.5, 0.6) is 11.5 Å². The average Bonchev–Trinajstić information content (AvgIpc) is 2.53. The molecule has 0 amide bonds. The Morgan fingerprint density at radius 1 is 1.18 bits per heavy atom. The van der Waals surface area contributed by atoms with Gasteiger partial charge in [0.2, 0.25) is 0 Å². The van der Waals surface area contributed by atoms with Crippen LogP contribution in [0.4, 0.5) is 0 Å². The number of benzene rings is 2. The van der Waals surface area contributed by atoms with Crippen molar-refractivity contribution in [2.75, 3.05) is 13.2 Å². The minimum absolute atomic E-state index is 0.0466. The minimum atomic E-state index is -0.0466. The Hall–Kier alpha value is -2.26. The van der Waals surface area contributed by atoms with Crippen molar-refractivity contribution >= 4 is 23.5 Å². The van der Waals surface area contributed by atoms with Gasteiger partial charge in [0.25, 0.3) is 0 Å². The molecule has 0 N–H and O–H groups in total. The number of hydrogen-bond donors (Lipinski definition) is 0. The molecule has 0 bridgehead atoms. The van der Waals surface area contributed by atoms with Crippen LogP contribution in [0.1, 0.15) is 21.5 Å². The maximum absolute atomic E-state index is 12.2. The molecule has 1 aliphatic heterocycles. The fourth-order valence-electron chi connectivity index (χ4n) is 2.29. The van der Waals surface area contributed by atoms with E-state index in [1.165, 1.54) is 6.08 Å². The summed E-state index contributed by atoms with van der Waals surface area (Å²) in [6, 6.07) is 11.1. The first-order valence-corrected chi connectivity index (χ1v) is 7.39. The quantitative estimate of drug-likeness (QED) is 0.625. The van der Waals surface area contributed by atoms with Crippen LogP contribution in [0.2, 0.25) is 5.02 Å².